The number of nitrogens with one attached hydrogen (secondary N) is 1. The Labute approximate surface area is 165 Å². The third kappa shape index (κ3) is 3.05. The summed E-state index contributed by atoms with van der Waals surface area (Å²) in [5, 5.41) is 11.7. The fraction of sp³-hybridized carbons (Fsp3) is 0.714. The molecule has 1 unspecified atom stereocenters. The van der Waals surface area contributed by atoms with Gasteiger partial charge in [0.15, 0.2) is 5.82 Å². The monoisotopic (exact) mass is 383 g/mol. The molecule has 3 heterocycles. The fourth-order valence-electron chi connectivity index (χ4n) is 5.34. The molecule has 2 aliphatic carbocycles. The van der Waals surface area contributed by atoms with Crippen LogP contribution in [0.2, 0.25) is 0 Å². The second-order valence-corrected chi connectivity index (χ2v) is 9.05. The van der Waals surface area contributed by atoms with Gasteiger partial charge in [-0.3, -0.25) is 9.89 Å². The quantitative estimate of drug-likeness (QED) is 0.855. The summed E-state index contributed by atoms with van der Waals surface area (Å²) in [4.78, 5) is 20.0. The van der Waals surface area contributed by atoms with Gasteiger partial charge in [0.1, 0.15) is 11.6 Å². The van der Waals surface area contributed by atoms with Crippen molar-refractivity contribution in [3.63, 3.8) is 0 Å². The Morgan fingerprint density at radius 2 is 2.07 bits per heavy atom. The van der Waals surface area contributed by atoms with Gasteiger partial charge >= 0.3 is 0 Å². The van der Waals surface area contributed by atoms with Crippen molar-refractivity contribution in [3.8, 4) is 0 Å². The summed E-state index contributed by atoms with van der Waals surface area (Å²) < 4.78 is 5.24. The molecular weight excluding hydrogens is 354 g/mol. The lowest BCUT2D eigenvalue weighted by atomic mass is 9.76. The molecule has 7 nitrogen and oxygen atoms in total. The molecule has 1 atom stereocenters. The topological polar surface area (TPSA) is 87.9 Å². The molecule has 3 fully saturated rings. The van der Waals surface area contributed by atoms with Crippen molar-refractivity contribution >= 4 is 5.91 Å². The number of carbonyl (C=O) groups is 1. The van der Waals surface area contributed by atoms with E-state index in [4.69, 9.17) is 9.51 Å². The van der Waals surface area contributed by atoms with Crippen LogP contribution in [0.1, 0.15) is 85.4 Å². The molecule has 2 aromatic heterocycles. The first kappa shape index (κ1) is 17.9. The van der Waals surface area contributed by atoms with Gasteiger partial charge < -0.3 is 9.42 Å². The number of amides is 1. The molecule has 1 spiro atoms. The predicted molar refractivity (Wildman–Crippen MR) is 103 cm³/mol. The van der Waals surface area contributed by atoms with Crippen molar-refractivity contribution in [2.45, 2.75) is 77.0 Å². The van der Waals surface area contributed by atoms with E-state index in [0.717, 1.165) is 41.8 Å². The van der Waals surface area contributed by atoms with Crippen LogP contribution in [0.5, 0.6) is 0 Å². The summed E-state index contributed by atoms with van der Waals surface area (Å²) in [6.45, 7) is 5.48. The van der Waals surface area contributed by atoms with Gasteiger partial charge in [0, 0.05) is 36.9 Å². The highest BCUT2D eigenvalue weighted by atomic mass is 16.5. The van der Waals surface area contributed by atoms with E-state index in [-0.39, 0.29) is 17.2 Å². The van der Waals surface area contributed by atoms with Crippen molar-refractivity contribution in [2.75, 3.05) is 13.1 Å². The van der Waals surface area contributed by atoms with Crippen LogP contribution in [-0.4, -0.2) is 44.2 Å². The molecule has 0 aromatic carbocycles. The Bertz CT molecular complexity index is 856. The number of H-pyrrole nitrogens is 1. The maximum absolute atomic E-state index is 13.0. The first-order valence-electron chi connectivity index (χ1n) is 10.7. The highest BCUT2D eigenvalue weighted by Gasteiger charge is 2.51. The highest BCUT2D eigenvalue weighted by molar-refractivity contribution is 5.77. The Morgan fingerprint density at radius 3 is 2.75 bits per heavy atom. The van der Waals surface area contributed by atoms with Gasteiger partial charge in [-0.05, 0) is 51.4 Å². The van der Waals surface area contributed by atoms with Crippen molar-refractivity contribution in [3.05, 3.63) is 28.7 Å². The van der Waals surface area contributed by atoms with E-state index in [1.54, 1.807) is 0 Å². The highest BCUT2D eigenvalue weighted by Crippen LogP contribution is 2.53. The number of aromatic nitrogens is 4. The van der Waals surface area contributed by atoms with Crippen LogP contribution in [-0.2, 0) is 11.2 Å². The average molecular weight is 383 g/mol. The fourth-order valence-corrected chi connectivity index (χ4v) is 5.34. The molecule has 1 N–H and O–H groups in total. The molecule has 0 bridgehead atoms. The van der Waals surface area contributed by atoms with Gasteiger partial charge in [-0.1, -0.05) is 18.0 Å². The number of aromatic amines is 1. The van der Waals surface area contributed by atoms with E-state index >= 15 is 0 Å². The molecule has 3 aliphatic rings. The Kier molecular flexibility index (Phi) is 4.29. The molecule has 7 heteroatoms. The predicted octanol–water partition coefficient (Wildman–Crippen LogP) is 3.41. The van der Waals surface area contributed by atoms with Crippen LogP contribution < -0.4 is 0 Å². The van der Waals surface area contributed by atoms with Crippen molar-refractivity contribution in [1.82, 2.24) is 25.2 Å². The lowest BCUT2D eigenvalue weighted by Crippen LogP contribution is -2.31. The van der Waals surface area contributed by atoms with Crippen molar-refractivity contribution in [2.24, 2.45) is 5.41 Å². The second-order valence-electron chi connectivity index (χ2n) is 9.05. The molecule has 1 aliphatic heterocycles. The van der Waals surface area contributed by atoms with E-state index < -0.39 is 0 Å². The van der Waals surface area contributed by atoms with E-state index in [1.807, 2.05) is 13.8 Å². The number of rotatable bonds is 5. The molecule has 1 amide bonds. The molecule has 2 saturated carbocycles. The van der Waals surface area contributed by atoms with Gasteiger partial charge in [0.25, 0.3) is 0 Å². The molecule has 28 heavy (non-hydrogen) atoms. The Balaban J connectivity index is 1.31. The Hall–Kier alpha value is -2.18. The lowest BCUT2D eigenvalue weighted by molar-refractivity contribution is -0.130. The van der Waals surface area contributed by atoms with E-state index in [0.29, 0.717) is 18.8 Å². The number of hydrogen-bond donors (Lipinski definition) is 1. The van der Waals surface area contributed by atoms with Crippen LogP contribution in [0.25, 0.3) is 0 Å². The summed E-state index contributed by atoms with van der Waals surface area (Å²) >= 11 is 0. The minimum absolute atomic E-state index is 0.180. The van der Waals surface area contributed by atoms with E-state index in [1.165, 1.54) is 38.5 Å². The van der Waals surface area contributed by atoms with Gasteiger partial charge in [-0.15, -0.1) is 0 Å². The first-order chi connectivity index (χ1) is 13.6. The van der Waals surface area contributed by atoms with Gasteiger partial charge in [0.05, 0.1) is 5.69 Å². The summed E-state index contributed by atoms with van der Waals surface area (Å²) in [5.74, 6) is 3.88. The third-order valence-corrected chi connectivity index (χ3v) is 7.16. The summed E-state index contributed by atoms with van der Waals surface area (Å²) in [5.41, 5.74) is 2.15. The average Bonchev–Trinajstić information content (AvgIpc) is 3.05. The zero-order valence-electron chi connectivity index (χ0n) is 16.8. The minimum atomic E-state index is 0.180. The largest absolute Gasteiger partial charge is 0.361 e. The summed E-state index contributed by atoms with van der Waals surface area (Å²) in [6.07, 6.45) is 8.49. The van der Waals surface area contributed by atoms with Crippen LogP contribution in [0, 0.1) is 19.3 Å². The smallest absolute Gasteiger partial charge is 0.222 e. The van der Waals surface area contributed by atoms with Crippen LogP contribution in [0.3, 0.4) is 0 Å². The SMILES string of the molecule is Cc1noc(C)c1CCC(=O)N1CC(c2nc(C3CC3)n[nH]2)C2(CCCC2)C1. The van der Waals surface area contributed by atoms with Gasteiger partial charge in [-0.2, -0.15) is 5.10 Å². The van der Waals surface area contributed by atoms with Gasteiger partial charge in [0.2, 0.25) is 5.91 Å². The van der Waals surface area contributed by atoms with Crippen molar-refractivity contribution < 1.29 is 9.32 Å². The van der Waals surface area contributed by atoms with E-state index in [9.17, 15) is 4.79 Å². The molecule has 2 aromatic rings. The summed E-state index contributed by atoms with van der Waals surface area (Å²) in [6, 6.07) is 0. The number of nitrogens with zero attached hydrogens (tertiary/aromatic N) is 4. The van der Waals surface area contributed by atoms with Gasteiger partial charge in [-0.25, -0.2) is 4.98 Å². The maximum atomic E-state index is 13.0. The van der Waals surface area contributed by atoms with Crippen LogP contribution in [0.4, 0.5) is 0 Å². The molecule has 150 valence electrons. The molecular formula is C21H29N5O2. The van der Waals surface area contributed by atoms with E-state index in [2.05, 4.69) is 20.3 Å². The van der Waals surface area contributed by atoms with Crippen LogP contribution >= 0.6 is 0 Å². The zero-order chi connectivity index (χ0) is 19.3. The normalized spacial score (nSPS) is 23.8. The standard InChI is InChI=1S/C21H29N5O2/c1-13-16(14(2)28-25-13)7-8-18(27)26-11-17(21(12-26)9-3-4-10-21)20-22-19(23-24-20)15-5-6-15/h15,17H,3-12H2,1-2H3,(H,22,23,24). The number of likely N-dealkylation sites (tertiary alicyclic amines) is 1. The summed E-state index contributed by atoms with van der Waals surface area (Å²) in [7, 11) is 0. The zero-order valence-corrected chi connectivity index (χ0v) is 16.8. The Morgan fingerprint density at radius 1 is 1.29 bits per heavy atom. The van der Waals surface area contributed by atoms with Crippen molar-refractivity contribution in [1.29, 1.82) is 0 Å². The van der Waals surface area contributed by atoms with Crippen LogP contribution in [0.15, 0.2) is 4.52 Å². The number of aryl methyl sites for hydroxylation is 2. The second kappa shape index (κ2) is 6.71. The molecule has 0 radical (unpaired) electrons. The maximum Gasteiger partial charge on any atom is 0.222 e. The third-order valence-electron chi connectivity index (χ3n) is 7.16. The lowest BCUT2D eigenvalue weighted by Gasteiger charge is -2.28. The first-order valence-corrected chi connectivity index (χ1v) is 10.7. The minimum Gasteiger partial charge on any atom is -0.361 e. The number of carbonyl (C=O) groups excluding carboxylic acids is 1. The number of hydrogen-bond acceptors (Lipinski definition) is 5. The molecule has 5 rings (SSSR count). The molecule has 1 saturated heterocycles.